The molecule has 0 heterocycles. The molecule has 0 aliphatic heterocycles. The summed E-state index contributed by atoms with van der Waals surface area (Å²) in [7, 11) is 0. The predicted molar refractivity (Wildman–Crippen MR) is 85.2 cm³/mol. The molecule has 1 aromatic carbocycles. The van der Waals surface area contributed by atoms with E-state index in [0.29, 0.717) is 0 Å². The molecule has 1 unspecified atom stereocenters. The molecule has 1 N–H and O–H groups in total. The number of aryl methyl sites for hydroxylation is 1. The van der Waals surface area contributed by atoms with Crippen molar-refractivity contribution < 1.29 is 5.11 Å². The second-order valence-corrected chi connectivity index (χ2v) is 5.05. The molecule has 1 nitrogen and oxygen atoms in total. The highest BCUT2D eigenvalue weighted by Crippen LogP contribution is 2.10. The standard InChI is InChI=1S/C19H24O/c1-3-5-6-7-8-9-10-17-11-13-18(14-12-17)15-16-19(20)4-2/h2,11-14,19-20H,3,5-10H2,1H3. The van der Waals surface area contributed by atoms with Gasteiger partial charge in [0.25, 0.3) is 0 Å². The van der Waals surface area contributed by atoms with Gasteiger partial charge in [0.15, 0.2) is 6.10 Å². The molecule has 0 bridgehead atoms. The van der Waals surface area contributed by atoms with Crippen LogP contribution in [0.3, 0.4) is 0 Å². The fourth-order valence-corrected chi connectivity index (χ4v) is 2.06. The maximum absolute atomic E-state index is 9.17. The number of rotatable bonds is 7. The van der Waals surface area contributed by atoms with E-state index < -0.39 is 6.10 Å². The number of terminal acetylenes is 1. The normalized spacial score (nSPS) is 11.2. The number of hydrogen-bond acceptors (Lipinski definition) is 1. The first-order valence-corrected chi connectivity index (χ1v) is 7.51. The Labute approximate surface area is 123 Å². The molecule has 0 aliphatic rings. The quantitative estimate of drug-likeness (QED) is 0.586. The molecule has 0 amide bonds. The second-order valence-electron chi connectivity index (χ2n) is 5.05. The van der Waals surface area contributed by atoms with Crippen LogP contribution < -0.4 is 0 Å². The molecule has 1 heteroatoms. The monoisotopic (exact) mass is 268 g/mol. The molecule has 1 atom stereocenters. The lowest BCUT2D eigenvalue weighted by Crippen LogP contribution is -1.96. The van der Waals surface area contributed by atoms with Crippen molar-refractivity contribution in [2.24, 2.45) is 0 Å². The first-order chi connectivity index (χ1) is 9.76. The molecule has 20 heavy (non-hydrogen) atoms. The number of aliphatic hydroxyl groups excluding tert-OH is 1. The summed E-state index contributed by atoms with van der Waals surface area (Å²) in [6.07, 6.45) is 13.2. The largest absolute Gasteiger partial charge is 0.369 e. The lowest BCUT2D eigenvalue weighted by Gasteiger charge is -2.02. The van der Waals surface area contributed by atoms with E-state index in [9.17, 15) is 0 Å². The molecule has 0 spiro atoms. The van der Waals surface area contributed by atoms with Gasteiger partial charge in [0.2, 0.25) is 0 Å². The number of benzene rings is 1. The van der Waals surface area contributed by atoms with E-state index in [1.807, 2.05) is 12.1 Å². The first kappa shape index (κ1) is 16.4. The van der Waals surface area contributed by atoms with Gasteiger partial charge in [0, 0.05) is 5.56 Å². The van der Waals surface area contributed by atoms with Crippen LogP contribution in [0, 0.1) is 24.2 Å². The van der Waals surface area contributed by atoms with Gasteiger partial charge in [-0.05, 0) is 30.5 Å². The van der Waals surface area contributed by atoms with Crippen LogP contribution in [0.5, 0.6) is 0 Å². The van der Waals surface area contributed by atoms with Crippen LogP contribution in [-0.2, 0) is 6.42 Å². The Morgan fingerprint density at radius 1 is 1.05 bits per heavy atom. The van der Waals surface area contributed by atoms with Crippen molar-refractivity contribution in [1.29, 1.82) is 0 Å². The third kappa shape index (κ3) is 7.03. The predicted octanol–water partition coefficient (Wildman–Crippen LogP) is 3.94. The molecule has 0 aliphatic carbocycles. The lowest BCUT2D eigenvalue weighted by atomic mass is 10.0. The molecule has 0 fully saturated rings. The molecule has 0 saturated heterocycles. The molecule has 1 rings (SSSR count). The van der Waals surface area contributed by atoms with Crippen LogP contribution in [0.1, 0.15) is 56.6 Å². The van der Waals surface area contributed by atoms with Crippen molar-refractivity contribution in [2.45, 2.75) is 58.0 Å². The summed E-state index contributed by atoms with van der Waals surface area (Å²) in [6, 6.07) is 8.20. The number of aliphatic hydroxyl groups is 1. The minimum atomic E-state index is -0.974. The Balaban J connectivity index is 2.32. The van der Waals surface area contributed by atoms with Crippen molar-refractivity contribution in [3.8, 4) is 24.2 Å². The molecule has 106 valence electrons. The average molecular weight is 268 g/mol. The fraction of sp³-hybridized carbons (Fsp3) is 0.474. The van der Waals surface area contributed by atoms with Crippen LogP contribution in [-0.4, -0.2) is 11.2 Å². The van der Waals surface area contributed by atoms with Gasteiger partial charge in [-0.1, -0.05) is 68.9 Å². The molecule has 0 saturated carbocycles. The summed E-state index contributed by atoms with van der Waals surface area (Å²) < 4.78 is 0. The second kappa shape index (κ2) is 10.1. The van der Waals surface area contributed by atoms with Gasteiger partial charge in [-0.2, -0.15) is 0 Å². The Hall–Kier alpha value is -1.70. The molecule has 0 aromatic heterocycles. The van der Waals surface area contributed by atoms with Crippen LogP contribution in [0.15, 0.2) is 24.3 Å². The summed E-state index contributed by atoms with van der Waals surface area (Å²) in [4.78, 5) is 0. The summed E-state index contributed by atoms with van der Waals surface area (Å²) in [6.45, 7) is 2.24. The van der Waals surface area contributed by atoms with Crippen molar-refractivity contribution >= 4 is 0 Å². The highest BCUT2D eigenvalue weighted by atomic mass is 16.3. The summed E-state index contributed by atoms with van der Waals surface area (Å²) in [5.74, 6) is 7.66. The van der Waals surface area contributed by atoms with Crippen molar-refractivity contribution in [3.05, 3.63) is 35.4 Å². The molecule has 0 radical (unpaired) electrons. The van der Waals surface area contributed by atoms with Crippen molar-refractivity contribution in [3.63, 3.8) is 0 Å². The maximum Gasteiger partial charge on any atom is 0.176 e. The lowest BCUT2D eigenvalue weighted by molar-refractivity contribution is 0.290. The van der Waals surface area contributed by atoms with Crippen LogP contribution in [0.4, 0.5) is 0 Å². The third-order valence-electron chi connectivity index (χ3n) is 3.28. The highest BCUT2D eigenvalue weighted by molar-refractivity contribution is 5.38. The van der Waals surface area contributed by atoms with Crippen molar-refractivity contribution in [1.82, 2.24) is 0 Å². The van der Waals surface area contributed by atoms with Gasteiger partial charge in [-0.25, -0.2) is 0 Å². The Bertz CT molecular complexity index is 467. The number of unbranched alkanes of at least 4 members (excludes halogenated alkanes) is 5. The van der Waals surface area contributed by atoms with Crippen molar-refractivity contribution in [2.75, 3.05) is 0 Å². The highest BCUT2D eigenvalue weighted by Gasteiger charge is 1.95. The smallest absolute Gasteiger partial charge is 0.176 e. The Morgan fingerprint density at radius 2 is 1.70 bits per heavy atom. The average Bonchev–Trinajstić information content (AvgIpc) is 2.49. The zero-order valence-corrected chi connectivity index (χ0v) is 12.4. The minimum absolute atomic E-state index is 0.894. The van der Waals surface area contributed by atoms with Crippen LogP contribution in [0.25, 0.3) is 0 Å². The summed E-state index contributed by atoms with van der Waals surface area (Å²) in [5, 5.41) is 9.17. The third-order valence-corrected chi connectivity index (χ3v) is 3.28. The SMILES string of the molecule is C#CC(O)C#Cc1ccc(CCCCCCCC)cc1. The summed E-state index contributed by atoms with van der Waals surface area (Å²) >= 11 is 0. The zero-order chi connectivity index (χ0) is 14.6. The minimum Gasteiger partial charge on any atom is -0.369 e. The van der Waals surface area contributed by atoms with Gasteiger partial charge in [-0.15, -0.1) is 6.42 Å². The van der Waals surface area contributed by atoms with Gasteiger partial charge in [0.05, 0.1) is 0 Å². The zero-order valence-electron chi connectivity index (χ0n) is 12.4. The van der Waals surface area contributed by atoms with Gasteiger partial charge >= 0.3 is 0 Å². The van der Waals surface area contributed by atoms with E-state index in [1.54, 1.807) is 0 Å². The van der Waals surface area contributed by atoms with E-state index in [-0.39, 0.29) is 0 Å². The Kier molecular flexibility index (Phi) is 8.28. The van der Waals surface area contributed by atoms with E-state index in [2.05, 4.69) is 36.8 Å². The fourth-order valence-electron chi connectivity index (χ4n) is 2.06. The molecular weight excluding hydrogens is 244 g/mol. The van der Waals surface area contributed by atoms with E-state index in [4.69, 9.17) is 11.5 Å². The van der Waals surface area contributed by atoms with E-state index in [1.165, 1.54) is 44.1 Å². The molecular formula is C19H24O. The van der Waals surface area contributed by atoms with Crippen LogP contribution >= 0.6 is 0 Å². The van der Waals surface area contributed by atoms with Gasteiger partial charge in [0.1, 0.15) is 0 Å². The summed E-state index contributed by atoms with van der Waals surface area (Å²) in [5.41, 5.74) is 2.24. The maximum atomic E-state index is 9.17. The van der Waals surface area contributed by atoms with E-state index >= 15 is 0 Å². The van der Waals surface area contributed by atoms with Crippen LogP contribution in [0.2, 0.25) is 0 Å². The topological polar surface area (TPSA) is 20.2 Å². The number of hydrogen-bond donors (Lipinski definition) is 1. The first-order valence-electron chi connectivity index (χ1n) is 7.51. The van der Waals surface area contributed by atoms with E-state index in [0.717, 1.165) is 12.0 Å². The molecule has 1 aromatic rings. The van der Waals surface area contributed by atoms with Gasteiger partial charge in [-0.3, -0.25) is 0 Å². The Morgan fingerprint density at radius 3 is 2.35 bits per heavy atom. The van der Waals surface area contributed by atoms with Gasteiger partial charge < -0.3 is 5.11 Å².